The van der Waals surface area contributed by atoms with Gasteiger partial charge in [-0.05, 0) is 42.8 Å². The van der Waals surface area contributed by atoms with E-state index in [1.807, 2.05) is 31.2 Å². The second-order valence-electron chi connectivity index (χ2n) is 4.64. The van der Waals surface area contributed by atoms with Crippen LogP contribution in [0.5, 0.6) is 5.75 Å². The second kappa shape index (κ2) is 7.69. The summed E-state index contributed by atoms with van der Waals surface area (Å²) in [6.45, 7) is 5.54. The zero-order valence-electron chi connectivity index (χ0n) is 12.2. The molecule has 1 atom stereocenters. The van der Waals surface area contributed by atoms with Gasteiger partial charge in [0.15, 0.2) is 0 Å². The van der Waals surface area contributed by atoms with Gasteiger partial charge in [-0.3, -0.25) is 0 Å². The minimum Gasteiger partial charge on any atom is -0.494 e. The van der Waals surface area contributed by atoms with Crippen molar-refractivity contribution in [2.24, 2.45) is 0 Å². The molecule has 4 heteroatoms. The lowest BCUT2D eigenvalue weighted by atomic mass is 9.98. The van der Waals surface area contributed by atoms with Crippen molar-refractivity contribution < 1.29 is 4.74 Å². The van der Waals surface area contributed by atoms with E-state index in [0.29, 0.717) is 16.7 Å². The summed E-state index contributed by atoms with van der Waals surface area (Å²) >= 11 is 12.5. The van der Waals surface area contributed by atoms with Gasteiger partial charge in [0, 0.05) is 0 Å². The summed E-state index contributed by atoms with van der Waals surface area (Å²) in [7, 11) is 0. The van der Waals surface area contributed by atoms with Crippen molar-refractivity contribution in [3.8, 4) is 5.75 Å². The molecule has 0 spiro atoms. The lowest BCUT2D eigenvalue weighted by Gasteiger charge is -2.21. The monoisotopic (exact) mass is 323 g/mol. The molecule has 1 unspecified atom stereocenters. The Balaban J connectivity index is 2.36. The van der Waals surface area contributed by atoms with Crippen LogP contribution in [-0.2, 0) is 0 Å². The predicted molar refractivity (Wildman–Crippen MR) is 89.6 cm³/mol. The Labute approximate surface area is 136 Å². The van der Waals surface area contributed by atoms with Crippen molar-refractivity contribution in [3.63, 3.8) is 0 Å². The summed E-state index contributed by atoms with van der Waals surface area (Å²) in [5.74, 6) is 0.869. The molecule has 0 aliphatic carbocycles. The predicted octanol–water partition coefficient (Wildman–Crippen LogP) is 5.09. The first-order valence-electron chi connectivity index (χ1n) is 7.07. The number of ether oxygens (including phenoxy) is 1. The Morgan fingerprint density at radius 3 is 2.38 bits per heavy atom. The topological polar surface area (TPSA) is 21.3 Å². The van der Waals surface area contributed by atoms with Gasteiger partial charge in [0.25, 0.3) is 0 Å². The maximum absolute atomic E-state index is 6.36. The Kier molecular flexibility index (Phi) is 5.92. The molecule has 0 bridgehead atoms. The highest BCUT2D eigenvalue weighted by Crippen LogP contribution is 2.33. The molecule has 21 heavy (non-hydrogen) atoms. The largest absolute Gasteiger partial charge is 0.494 e. The van der Waals surface area contributed by atoms with E-state index < -0.39 is 0 Å². The number of hydrogen-bond acceptors (Lipinski definition) is 2. The first-order valence-corrected chi connectivity index (χ1v) is 7.83. The van der Waals surface area contributed by atoms with Crippen molar-refractivity contribution in [2.45, 2.75) is 19.9 Å². The fourth-order valence-electron chi connectivity index (χ4n) is 2.28. The van der Waals surface area contributed by atoms with Gasteiger partial charge in [-0.15, -0.1) is 0 Å². The van der Waals surface area contributed by atoms with Gasteiger partial charge in [0.2, 0.25) is 0 Å². The average molecular weight is 324 g/mol. The highest BCUT2D eigenvalue weighted by molar-refractivity contribution is 6.42. The van der Waals surface area contributed by atoms with Crippen molar-refractivity contribution in [1.82, 2.24) is 5.32 Å². The Bertz CT molecular complexity index is 584. The van der Waals surface area contributed by atoms with Crippen LogP contribution in [0.15, 0.2) is 42.5 Å². The average Bonchev–Trinajstić information content (AvgIpc) is 2.49. The molecular weight excluding hydrogens is 305 g/mol. The maximum Gasteiger partial charge on any atom is 0.119 e. The number of halogens is 2. The molecule has 0 aliphatic rings. The van der Waals surface area contributed by atoms with Gasteiger partial charge in [-0.2, -0.15) is 0 Å². The lowest BCUT2D eigenvalue weighted by molar-refractivity contribution is 0.340. The van der Waals surface area contributed by atoms with Gasteiger partial charge < -0.3 is 10.1 Å². The normalized spacial score (nSPS) is 12.2. The third-order valence-electron chi connectivity index (χ3n) is 3.23. The summed E-state index contributed by atoms with van der Waals surface area (Å²) in [4.78, 5) is 0. The molecule has 2 aromatic rings. The van der Waals surface area contributed by atoms with Gasteiger partial charge in [-0.25, -0.2) is 0 Å². The SMILES string of the molecule is CCNC(c1ccc(OCC)cc1)c1cccc(Cl)c1Cl. The molecular formula is C17H19Cl2NO. The van der Waals surface area contributed by atoms with Crippen LogP contribution >= 0.6 is 23.2 Å². The van der Waals surface area contributed by atoms with Crippen LogP contribution in [0.3, 0.4) is 0 Å². The standard InChI is InChI=1S/C17H19Cl2NO/c1-3-20-17(14-6-5-7-15(18)16(14)19)12-8-10-13(11-9-12)21-4-2/h5-11,17,20H,3-4H2,1-2H3. The molecule has 0 saturated carbocycles. The van der Waals surface area contributed by atoms with Crippen LogP contribution in [0.2, 0.25) is 10.0 Å². The van der Waals surface area contributed by atoms with Crippen LogP contribution in [0.25, 0.3) is 0 Å². The highest BCUT2D eigenvalue weighted by Gasteiger charge is 2.17. The molecule has 0 amide bonds. The minimum atomic E-state index is 0.0110. The smallest absolute Gasteiger partial charge is 0.119 e. The van der Waals surface area contributed by atoms with E-state index in [9.17, 15) is 0 Å². The first-order chi connectivity index (χ1) is 10.2. The zero-order chi connectivity index (χ0) is 15.2. The highest BCUT2D eigenvalue weighted by atomic mass is 35.5. The Hall–Kier alpha value is -1.22. The number of hydrogen-bond donors (Lipinski definition) is 1. The van der Waals surface area contributed by atoms with Gasteiger partial charge in [0.05, 0.1) is 22.7 Å². The van der Waals surface area contributed by atoms with Crippen molar-refractivity contribution in [3.05, 3.63) is 63.6 Å². The second-order valence-corrected chi connectivity index (χ2v) is 5.42. The van der Waals surface area contributed by atoms with Crippen molar-refractivity contribution >= 4 is 23.2 Å². The molecule has 0 saturated heterocycles. The van der Waals surface area contributed by atoms with Crippen LogP contribution in [-0.4, -0.2) is 13.2 Å². The molecule has 0 radical (unpaired) electrons. The Morgan fingerprint density at radius 2 is 1.76 bits per heavy atom. The van der Waals surface area contributed by atoms with Crippen LogP contribution < -0.4 is 10.1 Å². The van der Waals surface area contributed by atoms with E-state index in [0.717, 1.165) is 23.4 Å². The molecule has 0 heterocycles. The quantitative estimate of drug-likeness (QED) is 0.799. The van der Waals surface area contributed by atoms with Crippen molar-refractivity contribution in [1.29, 1.82) is 0 Å². The lowest BCUT2D eigenvalue weighted by Crippen LogP contribution is -2.22. The van der Waals surface area contributed by atoms with Gasteiger partial charge in [-0.1, -0.05) is 54.4 Å². The molecule has 0 aromatic heterocycles. The van der Waals surface area contributed by atoms with Gasteiger partial charge in [0.1, 0.15) is 5.75 Å². The molecule has 2 nitrogen and oxygen atoms in total. The van der Waals surface area contributed by atoms with E-state index in [2.05, 4.69) is 24.4 Å². The van der Waals surface area contributed by atoms with Gasteiger partial charge >= 0.3 is 0 Å². The molecule has 1 N–H and O–H groups in total. The van der Waals surface area contributed by atoms with Crippen molar-refractivity contribution in [2.75, 3.05) is 13.2 Å². The summed E-state index contributed by atoms with van der Waals surface area (Å²) < 4.78 is 5.48. The third-order valence-corrected chi connectivity index (χ3v) is 4.06. The molecule has 2 aromatic carbocycles. The van der Waals surface area contributed by atoms with E-state index in [1.165, 1.54) is 0 Å². The summed E-state index contributed by atoms with van der Waals surface area (Å²) in [6.07, 6.45) is 0. The number of rotatable bonds is 6. The fraction of sp³-hybridized carbons (Fsp3) is 0.294. The minimum absolute atomic E-state index is 0.0110. The van der Waals surface area contributed by atoms with Crippen LogP contribution in [0, 0.1) is 0 Å². The summed E-state index contributed by atoms with van der Waals surface area (Å²) in [5.41, 5.74) is 2.11. The molecule has 112 valence electrons. The molecule has 2 rings (SSSR count). The first kappa shape index (κ1) is 16.2. The fourth-order valence-corrected chi connectivity index (χ4v) is 2.70. The van der Waals surface area contributed by atoms with E-state index in [-0.39, 0.29) is 6.04 Å². The molecule has 0 aliphatic heterocycles. The molecule has 0 fully saturated rings. The summed E-state index contributed by atoms with van der Waals surface area (Å²) in [5, 5.41) is 4.62. The van der Waals surface area contributed by atoms with E-state index in [4.69, 9.17) is 27.9 Å². The summed E-state index contributed by atoms with van der Waals surface area (Å²) in [6, 6.07) is 13.8. The number of nitrogens with one attached hydrogen (secondary N) is 1. The van der Waals surface area contributed by atoms with Crippen LogP contribution in [0.4, 0.5) is 0 Å². The zero-order valence-corrected chi connectivity index (χ0v) is 13.7. The number of benzene rings is 2. The van der Waals surface area contributed by atoms with Crippen LogP contribution in [0.1, 0.15) is 31.0 Å². The van der Waals surface area contributed by atoms with E-state index in [1.54, 1.807) is 6.07 Å². The Morgan fingerprint density at radius 1 is 1.05 bits per heavy atom. The maximum atomic E-state index is 6.36. The third kappa shape index (κ3) is 3.91. The van der Waals surface area contributed by atoms with E-state index >= 15 is 0 Å².